The Morgan fingerprint density at radius 2 is 1.15 bits per heavy atom. The summed E-state index contributed by atoms with van der Waals surface area (Å²) >= 11 is 0. The van der Waals surface area contributed by atoms with Gasteiger partial charge < -0.3 is 5.11 Å². The summed E-state index contributed by atoms with van der Waals surface area (Å²) in [7, 11) is 0. The summed E-state index contributed by atoms with van der Waals surface area (Å²) in [5.74, 6) is 58.0. The van der Waals surface area contributed by atoms with Crippen LogP contribution < -0.4 is 0 Å². The van der Waals surface area contributed by atoms with Crippen LogP contribution in [0.3, 0.4) is 0 Å². The van der Waals surface area contributed by atoms with E-state index >= 15 is 0 Å². The summed E-state index contributed by atoms with van der Waals surface area (Å²) in [6.45, 7) is 8.43. The smallest absolute Gasteiger partial charge is 0.0577 e. The van der Waals surface area contributed by atoms with Crippen LogP contribution in [-0.2, 0) is 0 Å². The molecule has 4 heteroatoms. The lowest BCUT2D eigenvalue weighted by molar-refractivity contribution is -0.0238. The van der Waals surface area contributed by atoms with Crippen LogP contribution in [-0.4, -0.2) is 16.2 Å². The van der Waals surface area contributed by atoms with Gasteiger partial charge in [0.15, 0.2) is 0 Å². The van der Waals surface area contributed by atoms with Gasteiger partial charge in [0.05, 0.1) is 6.10 Å². The summed E-state index contributed by atoms with van der Waals surface area (Å²) in [5.41, 5.74) is 9.59. The first kappa shape index (κ1) is 39.8. The number of nitrogens with one attached hydrogen (secondary N) is 1. The van der Waals surface area contributed by atoms with E-state index in [1.807, 2.05) is 12.4 Å². The van der Waals surface area contributed by atoms with E-state index < -0.39 is 0 Å². The molecule has 2 saturated carbocycles. The summed E-state index contributed by atoms with van der Waals surface area (Å²) in [4.78, 5) is 11.9. The third-order valence-corrected chi connectivity index (χ3v) is 10.1. The Morgan fingerprint density at radius 3 is 1.62 bits per heavy atom. The van der Waals surface area contributed by atoms with E-state index in [1.165, 1.54) is 37.7 Å². The van der Waals surface area contributed by atoms with Crippen LogP contribution >= 0.6 is 0 Å². The van der Waals surface area contributed by atoms with Gasteiger partial charge in [-0.15, -0.1) is 0 Å². The highest BCUT2D eigenvalue weighted by Crippen LogP contribution is 2.66. The fourth-order valence-corrected chi connectivity index (χ4v) is 7.87. The van der Waals surface area contributed by atoms with Crippen LogP contribution in [0.2, 0.25) is 0 Å². The molecule has 2 N–H and O–H groups in total. The fourth-order valence-electron chi connectivity index (χ4n) is 7.87. The summed E-state index contributed by atoms with van der Waals surface area (Å²) in [6, 6.07) is 4.31. The lowest BCUT2D eigenvalue weighted by Gasteiger charge is -2.57. The first-order valence-electron chi connectivity index (χ1n) is 17.0. The molecule has 5 rings (SSSR count). The third-order valence-electron chi connectivity index (χ3n) is 10.1. The minimum atomic E-state index is -0.106. The van der Waals surface area contributed by atoms with E-state index in [0.717, 1.165) is 30.6 Å². The Labute approximate surface area is 328 Å². The van der Waals surface area contributed by atoms with Crippen molar-refractivity contribution in [1.82, 2.24) is 4.98 Å². The number of hydrogen-bond donors (Lipinski definition) is 2. The number of rotatable bonds is 1. The van der Waals surface area contributed by atoms with Crippen LogP contribution in [0, 0.1) is 169 Å². The van der Waals surface area contributed by atoms with Crippen molar-refractivity contribution < 1.29 is 22.2 Å². The van der Waals surface area contributed by atoms with Gasteiger partial charge in [0, 0.05) is 53.2 Å². The largest absolute Gasteiger partial charge is 0.393 e. The van der Waals surface area contributed by atoms with Crippen molar-refractivity contribution in [3.63, 3.8) is 0 Å². The van der Waals surface area contributed by atoms with E-state index in [4.69, 9.17) is 4.91 Å². The maximum atomic E-state index is 10.2. The van der Waals surface area contributed by atoms with Crippen molar-refractivity contribution >= 4 is 5.57 Å². The molecule has 1 heterocycles. The van der Waals surface area contributed by atoms with Crippen LogP contribution in [0.25, 0.3) is 5.57 Å². The zero-order valence-corrected chi connectivity index (χ0v) is 30.0. The van der Waals surface area contributed by atoms with Gasteiger partial charge in [-0.3, -0.25) is 4.98 Å². The molecule has 4 aliphatic rings. The Kier molecular flexibility index (Phi) is 16.4. The first-order chi connectivity index (χ1) is 25.4. The van der Waals surface area contributed by atoms with Crippen molar-refractivity contribution in [2.75, 3.05) is 0 Å². The van der Waals surface area contributed by atoms with Gasteiger partial charge in [-0.05, 0) is 199 Å². The van der Waals surface area contributed by atoms with E-state index in [0.29, 0.717) is 10.8 Å². The molecule has 0 aromatic carbocycles. The Hall–Kier alpha value is -6.65. The number of aromatic nitrogens is 1. The van der Waals surface area contributed by atoms with Crippen molar-refractivity contribution in [1.29, 1.82) is 5.59 Å². The second kappa shape index (κ2) is 21.4. The summed E-state index contributed by atoms with van der Waals surface area (Å²) < 4.78 is 0. The molecule has 0 spiro atoms. The second-order valence-corrected chi connectivity index (χ2v) is 12.7. The van der Waals surface area contributed by atoms with Gasteiger partial charge in [-0.1, -0.05) is 55.1 Å². The van der Waals surface area contributed by atoms with Crippen molar-refractivity contribution in [3.8, 4) is 130 Å². The summed E-state index contributed by atoms with van der Waals surface area (Å²) in [5, 5.41) is 10.2. The molecule has 0 radical (unpaired) electrons. The lowest BCUT2D eigenvalue weighted by Crippen LogP contribution is -2.49. The lowest BCUT2D eigenvalue weighted by atomic mass is 9.47. The highest BCUT2D eigenvalue weighted by atomic mass is 16.3. The van der Waals surface area contributed by atoms with E-state index in [9.17, 15) is 5.11 Å². The van der Waals surface area contributed by atoms with Gasteiger partial charge in [0.25, 0.3) is 0 Å². The quantitative estimate of drug-likeness (QED) is 0.174. The molecule has 0 bridgehead atoms. The van der Waals surface area contributed by atoms with E-state index in [1.54, 1.807) is 25.0 Å². The standard InChI is InChI=1S/C24H31NO.C24H6.HNO.12H2/c1-23-11-9-18(26)14-17(23)5-6-19-21-8-7-20(16-4-3-13-25-15-16)24(21,2)12-10-22(19)23;1-3-5-7-9-11-13-15-17-19-21-23-24-22-20-18-16-14-12-10-8-6-4-2;1-2;;;;;;;;;;;;/h3-5,7,13,15,18-19,21-22,26H,6,8-12,14H2,1-2H3;1-2H3;1H;12*1H/t18-,19-,21-,22-,23-,24+;;;;;;;;;;;;;;/m0............../s1. The van der Waals surface area contributed by atoms with Gasteiger partial charge >= 0.3 is 0 Å². The van der Waals surface area contributed by atoms with Crippen LogP contribution in [0.1, 0.15) is 95.3 Å². The number of nitroso groups, excluding NO2 is 1. The Bertz CT molecular complexity index is 2220. The SMILES string of the molecule is CC#CC#CC#CC#CC#CC#CC#CC#CC#CC#CC#CC.C[C@]12CC[C@H](O)CC1=CC[C@@H]1[C@@H]2CC[C@]2(C)C(c3cccnc3)=CC[C@@H]12.N=O.[HH].[HH].[HH].[HH].[HH].[HH].[HH].[HH].[HH].[HH].[HH].[HH]. The maximum absolute atomic E-state index is 10.2. The van der Waals surface area contributed by atoms with Crippen molar-refractivity contribution in [2.24, 2.45) is 28.6 Å². The Morgan fingerprint density at radius 1 is 0.673 bits per heavy atom. The molecule has 0 amide bonds. The molecule has 4 aliphatic carbocycles. The number of aliphatic hydroxyl groups is 1. The first-order valence-corrected chi connectivity index (χ1v) is 17.0. The molecule has 1 aromatic heterocycles. The van der Waals surface area contributed by atoms with Gasteiger partial charge in [-0.25, -0.2) is 0 Å². The zero-order chi connectivity index (χ0) is 37.5. The zero-order valence-electron chi connectivity index (χ0n) is 30.0. The molecule has 0 aliphatic heterocycles. The summed E-state index contributed by atoms with van der Waals surface area (Å²) in [6.07, 6.45) is 17.0. The molecule has 2 fully saturated rings. The number of nitrogens with zero attached hydrogens (tertiary/aromatic N) is 1. The molecule has 52 heavy (non-hydrogen) atoms. The molecule has 6 atom stereocenters. The average molecular weight is 699 g/mol. The number of fused-ring (bicyclic) bond motifs is 5. The maximum Gasteiger partial charge on any atom is 0.0577 e. The second-order valence-electron chi connectivity index (χ2n) is 12.7. The monoisotopic (exact) mass is 698 g/mol. The molecule has 0 saturated heterocycles. The Balaban J connectivity index is -0.0000000932. The number of pyridine rings is 1. The molecule has 4 nitrogen and oxygen atoms in total. The van der Waals surface area contributed by atoms with Crippen molar-refractivity contribution in [2.45, 2.75) is 78.7 Å². The van der Waals surface area contributed by atoms with E-state index in [2.05, 4.69) is 179 Å². The third kappa shape index (κ3) is 10.9. The topological polar surface area (TPSA) is 74.0 Å². The highest BCUT2D eigenvalue weighted by Gasteiger charge is 2.56. The predicted octanol–water partition coefficient (Wildman–Crippen LogP) is 9.75. The molecule has 1 aromatic rings. The highest BCUT2D eigenvalue weighted by molar-refractivity contribution is 5.72. The van der Waals surface area contributed by atoms with Gasteiger partial charge in [-0.2, -0.15) is 4.91 Å². The molecule has 276 valence electrons. The van der Waals surface area contributed by atoms with Gasteiger partial charge in [0.2, 0.25) is 0 Å². The number of allylic oxidation sites excluding steroid dienone is 3. The van der Waals surface area contributed by atoms with Crippen LogP contribution in [0.15, 0.2) is 42.3 Å². The fraction of sp³-hybridized carbons (Fsp3) is 0.354. The molecular formula is C48H62N2O2. The van der Waals surface area contributed by atoms with Crippen LogP contribution in [0.4, 0.5) is 0 Å². The minimum Gasteiger partial charge on any atom is -0.393 e. The normalized spacial score (nSPS) is 24.1. The molecule has 0 unspecified atom stereocenters. The van der Waals surface area contributed by atoms with E-state index in [-0.39, 0.29) is 23.2 Å². The minimum absolute atomic E-state index is 0. The number of hydrogen-bond acceptors (Lipinski definition) is 4. The van der Waals surface area contributed by atoms with Crippen molar-refractivity contribution in [3.05, 3.63) is 52.7 Å². The van der Waals surface area contributed by atoms with Gasteiger partial charge in [0.1, 0.15) is 0 Å². The average Bonchev–Trinajstić information content (AvgIpc) is 3.53. The van der Waals surface area contributed by atoms with Crippen LogP contribution in [0.5, 0.6) is 0 Å². The number of aliphatic hydroxyl groups excluding tert-OH is 1. The molecular weight excluding hydrogens is 637 g/mol. The predicted molar refractivity (Wildman–Crippen MR) is 234 cm³/mol.